The van der Waals surface area contributed by atoms with Crippen LogP contribution in [0.4, 0.5) is 8.78 Å². The molecule has 0 spiro atoms. The fraction of sp³-hybridized carbons (Fsp3) is 0.350. The number of rotatable bonds is 9. The molecule has 30 heavy (non-hydrogen) atoms. The zero-order valence-corrected chi connectivity index (χ0v) is 19.5. The number of nitrogens with one attached hydrogen (secondary N) is 2. The Labute approximate surface area is 191 Å². The van der Waals surface area contributed by atoms with Crippen LogP contribution < -0.4 is 29.6 Å². The maximum atomic E-state index is 12.5. The van der Waals surface area contributed by atoms with Gasteiger partial charge in [0.15, 0.2) is 17.5 Å². The van der Waals surface area contributed by atoms with Crippen molar-refractivity contribution < 1.29 is 27.7 Å². The minimum atomic E-state index is -2.88. The summed E-state index contributed by atoms with van der Waals surface area (Å²) >= 11 is 0. The minimum Gasteiger partial charge on any atom is -0.493 e. The summed E-state index contributed by atoms with van der Waals surface area (Å²) in [4.78, 5) is 4.15. The molecule has 0 heterocycles. The Balaban J connectivity index is 0.00000450. The van der Waals surface area contributed by atoms with Crippen molar-refractivity contribution in [3.8, 4) is 23.0 Å². The third-order valence-corrected chi connectivity index (χ3v) is 4.04. The second kappa shape index (κ2) is 12.9. The topological polar surface area (TPSA) is 73.3 Å². The number of hydrogen-bond acceptors (Lipinski definition) is 5. The van der Waals surface area contributed by atoms with Gasteiger partial charge in [-0.2, -0.15) is 8.78 Å². The summed E-state index contributed by atoms with van der Waals surface area (Å²) < 4.78 is 45.6. The lowest BCUT2D eigenvalue weighted by molar-refractivity contribution is -0.0504. The summed E-state index contributed by atoms with van der Waals surface area (Å²) in [5, 5.41) is 6.23. The molecule has 2 aromatic rings. The molecule has 2 rings (SSSR count). The van der Waals surface area contributed by atoms with Gasteiger partial charge in [-0.25, -0.2) is 0 Å². The first-order valence-electron chi connectivity index (χ1n) is 8.78. The summed E-state index contributed by atoms with van der Waals surface area (Å²) in [6.45, 7) is -2.20. The predicted molar refractivity (Wildman–Crippen MR) is 122 cm³/mol. The second-order valence-electron chi connectivity index (χ2n) is 5.80. The number of aliphatic imine (C=N–C) groups is 1. The van der Waals surface area contributed by atoms with Gasteiger partial charge >= 0.3 is 6.61 Å². The number of hydrogen-bond donors (Lipinski definition) is 2. The standard InChI is InChI=1S/C20H25F2N3O4.HI/c1-23-20(25-12-14-7-5-6-8-15(14)29-19(21)22)24-11-13-9-16(26-2)18(28-4)17(10-13)27-3;/h5-10,19H,11-12H2,1-4H3,(H2,23,24,25);1H. The van der Waals surface area contributed by atoms with Gasteiger partial charge in [-0.1, -0.05) is 18.2 Å². The van der Waals surface area contributed by atoms with Crippen LogP contribution in [0.25, 0.3) is 0 Å². The highest BCUT2D eigenvalue weighted by Crippen LogP contribution is 2.38. The molecule has 0 fully saturated rings. The van der Waals surface area contributed by atoms with Gasteiger partial charge in [0.2, 0.25) is 5.75 Å². The van der Waals surface area contributed by atoms with E-state index in [9.17, 15) is 8.78 Å². The molecule has 7 nitrogen and oxygen atoms in total. The highest BCUT2D eigenvalue weighted by atomic mass is 127. The van der Waals surface area contributed by atoms with Crippen LogP contribution in [-0.4, -0.2) is 40.9 Å². The molecule has 0 amide bonds. The van der Waals surface area contributed by atoms with Crippen molar-refractivity contribution >= 4 is 29.9 Å². The normalized spacial score (nSPS) is 10.8. The van der Waals surface area contributed by atoms with Crippen molar-refractivity contribution in [2.24, 2.45) is 4.99 Å². The van der Waals surface area contributed by atoms with Crippen molar-refractivity contribution in [3.05, 3.63) is 47.5 Å². The maximum Gasteiger partial charge on any atom is 0.387 e. The Morgan fingerprint density at radius 1 is 0.933 bits per heavy atom. The van der Waals surface area contributed by atoms with Crippen LogP contribution >= 0.6 is 24.0 Å². The van der Waals surface area contributed by atoms with E-state index < -0.39 is 6.61 Å². The molecule has 0 aromatic heterocycles. The summed E-state index contributed by atoms with van der Waals surface area (Å²) in [6.07, 6.45) is 0. The maximum absolute atomic E-state index is 12.5. The van der Waals surface area contributed by atoms with Crippen LogP contribution in [-0.2, 0) is 13.1 Å². The zero-order valence-electron chi connectivity index (χ0n) is 17.2. The molecular weight excluding hydrogens is 511 g/mol. The van der Waals surface area contributed by atoms with Crippen molar-refractivity contribution in [2.45, 2.75) is 19.7 Å². The van der Waals surface area contributed by atoms with Crippen LogP contribution in [0.5, 0.6) is 23.0 Å². The van der Waals surface area contributed by atoms with Gasteiger partial charge in [-0.3, -0.25) is 4.99 Å². The number of alkyl halides is 2. The fourth-order valence-electron chi connectivity index (χ4n) is 2.68. The molecule has 0 atom stereocenters. The summed E-state index contributed by atoms with van der Waals surface area (Å²) in [5.74, 6) is 2.21. The largest absolute Gasteiger partial charge is 0.493 e. The Morgan fingerprint density at radius 2 is 1.53 bits per heavy atom. The van der Waals surface area contributed by atoms with E-state index in [1.54, 1.807) is 46.6 Å². The average Bonchev–Trinajstić information content (AvgIpc) is 2.73. The van der Waals surface area contributed by atoms with Crippen LogP contribution in [0, 0.1) is 0 Å². The van der Waals surface area contributed by atoms with E-state index in [1.807, 2.05) is 12.1 Å². The minimum absolute atomic E-state index is 0. The lowest BCUT2D eigenvalue weighted by atomic mass is 10.1. The number of guanidine groups is 1. The molecule has 0 unspecified atom stereocenters. The SMILES string of the molecule is CN=C(NCc1cc(OC)c(OC)c(OC)c1)NCc1ccccc1OC(F)F.I. The number of methoxy groups -OCH3 is 3. The number of nitrogens with zero attached hydrogens (tertiary/aromatic N) is 1. The van der Waals surface area contributed by atoms with E-state index in [0.717, 1.165) is 5.56 Å². The molecule has 0 radical (unpaired) electrons. The molecule has 0 bridgehead atoms. The lowest BCUT2D eigenvalue weighted by Gasteiger charge is -2.16. The molecule has 0 saturated heterocycles. The van der Waals surface area contributed by atoms with E-state index in [0.29, 0.717) is 35.3 Å². The van der Waals surface area contributed by atoms with Crippen LogP contribution in [0.3, 0.4) is 0 Å². The number of halogens is 3. The molecule has 2 N–H and O–H groups in total. The van der Waals surface area contributed by atoms with Gasteiger partial charge in [-0.15, -0.1) is 24.0 Å². The molecule has 0 aliphatic heterocycles. The third kappa shape index (κ3) is 7.08. The first-order valence-corrected chi connectivity index (χ1v) is 8.78. The second-order valence-corrected chi connectivity index (χ2v) is 5.80. The van der Waals surface area contributed by atoms with Crippen LogP contribution in [0.15, 0.2) is 41.4 Å². The quantitative estimate of drug-likeness (QED) is 0.288. The van der Waals surface area contributed by atoms with Crippen molar-refractivity contribution in [2.75, 3.05) is 28.4 Å². The molecule has 166 valence electrons. The van der Waals surface area contributed by atoms with Crippen molar-refractivity contribution in [1.82, 2.24) is 10.6 Å². The van der Waals surface area contributed by atoms with Gasteiger partial charge < -0.3 is 29.6 Å². The third-order valence-electron chi connectivity index (χ3n) is 4.04. The smallest absolute Gasteiger partial charge is 0.387 e. The fourth-order valence-corrected chi connectivity index (χ4v) is 2.68. The molecule has 10 heteroatoms. The Morgan fingerprint density at radius 3 is 2.07 bits per heavy atom. The average molecular weight is 537 g/mol. The van der Waals surface area contributed by atoms with Gasteiger partial charge in [0.05, 0.1) is 21.3 Å². The predicted octanol–water partition coefficient (Wildman–Crippen LogP) is 3.80. The first kappa shape index (κ1) is 25.5. The summed E-state index contributed by atoms with van der Waals surface area (Å²) in [6, 6.07) is 10.2. The number of benzene rings is 2. The van der Waals surface area contributed by atoms with Gasteiger partial charge in [0.25, 0.3) is 0 Å². The van der Waals surface area contributed by atoms with Crippen molar-refractivity contribution in [3.63, 3.8) is 0 Å². The van der Waals surface area contributed by atoms with Crippen molar-refractivity contribution in [1.29, 1.82) is 0 Å². The van der Waals surface area contributed by atoms with Crippen LogP contribution in [0.1, 0.15) is 11.1 Å². The number of ether oxygens (including phenoxy) is 4. The molecule has 0 saturated carbocycles. The van der Waals surface area contributed by atoms with E-state index in [2.05, 4.69) is 20.4 Å². The van der Waals surface area contributed by atoms with E-state index in [-0.39, 0.29) is 36.3 Å². The Bertz CT molecular complexity index is 812. The monoisotopic (exact) mass is 537 g/mol. The lowest BCUT2D eigenvalue weighted by Crippen LogP contribution is -2.36. The van der Waals surface area contributed by atoms with Gasteiger partial charge in [0, 0.05) is 25.7 Å². The molecule has 2 aromatic carbocycles. The van der Waals surface area contributed by atoms with Crippen LogP contribution in [0.2, 0.25) is 0 Å². The number of para-hydroxylation sites is 1. The highest BCUT2D eigenvalue weighted by Gasteiger charge is 2.14. The summed E-state index contributed by atoms with van der Waals surface area (Å²) in [5.41, 5.74) is 1.47. The van der Waals surface area contributed by atoms with Gasteiger partial charge in [-0.05, 0) is 23.8 Å². The highest BCUT2D eigenvalue weighted by molar-refractivity contribution is 14.0. The Hall–Kier alpha value is -2.50. The van der Waals surface area contributed by atoms with E-state index >= 15 is 0 Å². The van der Waals surface area contributed by atoms with E-state index in [4.69, 9.17) is 14.2 Å². The van der Waals surface area contributed by atoms with E-state index in [1.165, 1.54) is 6.07 Å². The first-order chi connectivity index (χ1) is 14.0. The van der Waals surface area contributed by atoms with Gasteiger partial charge in [0.1, 0.15) is 5.75 Å². The Kier molecular flexibility index (Phi) is 11.0. The zero-order chi connectivity index (χ0) is 21.2. The molecule has 0 aliphatic rings. The molecular formula is C20H26F2IN3O4. The summed E-state index contributed by atoms with van der Waals surface area (Å²) in [7, 11) is 6.26. The molecule has 0 aliphatic carbocycles.